The fourth-order valence-corrected chi connectivity index (χ4v) is 2.02. The molecule has 1 rings (SSSR count). The Labute approximate surface area is 98.1 Å². The van der Waals surface area contributed by atoms with Crippen LogP contribution in [-0.2, 0) is 9.53 Å². The van der Waals surface area contributed by atoms with E-state index in [0.29, 0.717) is 19.2 Å². The summed E-state index contributed by atoms with van der Waals surface area (Å²) in [6.07, 6.45) is 6.11. The zero-order valence-corrected chi connectivity index (χ0v) is 10.3. The maximum Gasteiger partial charge on any atom is 0.234 e. The topological polar surface area (TPSA) is 50.4 Å². The molecule has 1 fully saturated rings. The summed E-state index contributed by atoms with van der Waals surface area (Å²) in [5.74, 6) is 0.114. The zero-order chi connectivity index (χ0) is 11.6. The van der Waals surface area contributed by atoms with Crippen LogP contribution in [0, 0.1) is 0 Å². The van der Waals surface area contributed by atoms with E-state index in [1.165, 1.54) is 19.3 Å². The molecule has 1 saturated carbocycles. The highest BCUT2D eigenvalue weighted by Crippen LogP contribution is 2.16. The molecule has 1 amide bonds. The predicted molar refractivity (Wildman–Crippen MR) is 64.4 cm³/mol. The molecule has 0 aromatic heterocycles. The molecule has 1 aliphatic rings. The molecule has 0 aromatic carbocycles. The van der Waals surface area contributed by atoms with Crippen LogP contribution in [-0.4, -0.2) is 38.3 Å². The van der Waals surface area contributed by atoms with E-state index in [4.69, 9.17) is 4.74 Å². The minimum absolute atomic E-state index is 0.114. The molecule has 0 unspecified atom stereocenters. The Balaban J connectivity index is 1.97. The van der Waals surface area contributed by atoms with Crippen molar-refractivity contribution in [3.05, 3.63) is 0 Å². The summed E-state index contributed by atoms with van der Waals surface area (Å²) in [6, 6.07) is 0.412. The lowest BCUT2D eigenvalue weighted by Gasteiger charge is -2.22. The van der Waals surface area contributed by atoms with E-state index in [2.05, 4.69) is 10.6 Å². The van der Waals surface area contributed by atoms with Gasteiger partial charge in [0, 0.05) is 19.2 Å². The van der Waals surface area contributed by atoms with Gasteiger partial charge in [0.25, 0.3) is 0 Å². The third-order valence-corrected chi connectivity index (χ3v) is 2.88. The van der Waals surface area contributed by atoms with Crippen molar-refractivity contribution in [2.45, 2.75) is 45.1 Å². The minimum atomic E-state index is 0.114. The Hall–Kier alpha value is -0.610. The lowest BCUT2D eigenvalue weighted by atomic mass is 9.95. The molecular formula is C12H24N2O2. The van der Waals surface area contributed by atoms with Gasteiger partial charge in [-0.05, 0) is 19.8 Å². The number of carbonyl (C=O) groups is 1. The molecule has 0 bridgehead atoms. The van der Waals surface area contributed by atoms with Crippen LogP contribution in [0.4, 0.5) is 0 Å². The minimum Gasteiger partial charge on any atom is -0.380 e. The fourth-order valence-electron chi connectivity index (χ4n) is 2.02. The smallest absolute Gasteiger partial charge is 0.234 e. The van der Waals surface area contributed by atoms with E-state index < -0.39 is 0 Å². The van der Waals surface area contributed by atoms with Gasteiger partial charge in [-0.2, -0.15) is 0 Å². The average Bonchev–Trinajstić information content (AvgIpc) is 2.30. The second-order valence-corrected chi connectivity index (χ2v) is 4.28. The van der Waals surface area contributed by atoms with Gasteiger partial charge in [0.2, 0.25) is 5.91 Å². The molecule has 4 heteroatoms. The van der Waals surface area contributed by atoms with Crippen molar-refractivity contribution in [3.63, 3.8) is 0 Å². The zero-order valence-electron chi connectivity index (χ0n) is 10.3. The first-order valence-electron chi connectivity index (χ1n) is 6.40. The van der Waals surface area contributed by atoms with Crippen LogP contribution in [0.25, 0.3) is 0 Å². The summed E-state index contributed by atoms with van der Waals surface area (Å²) >= 11 is 0. The van der Waals surface area contributed by atoms with Gasteiger partial charge < -0.3 is 15.4 Å². The van der Waals surface area contributed by atoms with Gasteiger partial charge >= 0.3 is 0 Å². The van der Waals surface area contributed by atoms with Crippen LogP contribution in [0.3, 0.4) is 0 Å². The van der Waals surface area contributed by atoms with Crippen molar-refractivity contribution in [2.24, 2.45) is 0 Å². The number of rotatable bonds is 7. The van der Waals surface area contributed by atoms with Crippen LogP contribution in [0.1, 0.15) is 39.0 Å². The number of hydrogen-bond donors (Lipinski definition) is 2. The Morgan fingerprint density at radius 2 is 2.06 bits per heavy atom. The second-order valence-electron chi connectivity index (χ2n) is 4.28. The van der Waals surface area contributed by atoms with E-state index >= 15 is 0 Å². The van der Waals surface area contributed by atoms with Crippen LogP contribution in [0.2, 0.25) is 0 Å². The molecule has 0 radical (unpaired) electrons. The van der Waals surface area contributed by atoms with Gasteiger partial charge in [0.15, 0.2) is 0 Å². The molecule has 0 heterocycles. The summed E-state index contributed by atoms with van der Waals surface area (Å²) < 4.78 is 5.17. The molecule has 0 saturated heterocycles. The van der Waals surface area contributed by atoms with Gasteiger partial charge in [0.1, 0.15) is 0 Å². The van der Waals surface area contributed by atoms with Crippen molar-refractivity contribution >= 4 is 5.91 Å². The van der Waals surface area contributed by atoms with Crippen LogP contribution < -0.4 is 10.6 Å². The molecule has 94 valence electrons. The molecule has 16 heavy (non-hydrogen) atoms. The monoisotopic (exact) mass is 228 g/mol. The SMILES string of the molecule is CCOCCNCC(=O)NC1CCCCC1. The third-order valence-electron chi connectivity index (χ3n) is 2.88. The maximum absolute atomic E-state index is 11.5. The Bertz CT molecular complexity index is 191. The fraction of sp³-hybridized carbons (Fsp3) is 0.917. The first kappa shape index (κ1) is 13.5. The van der Waals surface area contributed by atoms with E-state index in [0.717, 1.165) is 26.0 Å². The summed E-state index contributed by atoms with van der Waals surface area (Å²) in [5, 5.41) is 6.14. The maximum atomic E-state index is 11.5. The number of ether oxygens (including phenoxy) is 1. The van der Waals surface area contributed by atoms with E-state index in [9.17, 15) is 4.79 Å². The van der Waals surface area contributed by atoms with E-state index in [-0.39, 0.29) is 5.91 Å². The summed E-state index contributed by atoms with van der Waals surface area (Å²) in [5.41, 5.74) is 0. The van der Waals surface area contributed by atoms with Gasteiger partial charge in [-0.25, -0.2) is 0 Å². The third kappa shape index (κ3) is 6.08. The highest BCUT2D eigenvalue weighted by atomic mass is 16.5. The first-order valence-corrected chi connectivity index (χ1v) is 6.40. The lowest BCUT2D eigenvalue weighted by molar-refractivity contribution is -0.121. The van der Waals surface area contributed by atoms with Crippen molar-refractivity contribution < 1.29 is 9.53 Å². The first-order chi connectivity index (χ1) is 7.83. The molecule has 4 nitrogen and oxygen atoms in total. The van der Waals surface area contributed by atoms with Gasteiger partial charge in [-0.15, -0.1) is 0 Å². The Kier molecular flexibility index (Phi) is 7.17. The predicted octanol–water partition coefficient (Wildman–Crippen LogP) is 1.06. The number of carbonyl (C=O) groups excluding carboxylic acids is 1. The lowest BCUT2D eigenvalue weighted by Crippen LogP contribution is -2.41. The highest BCUT2D eigenvalue weighted by Gasteiger charge is 2.14. The van der Waals surface area contributed by atoms with Crippen molar-refractivity contribution in [2.75, 3.05) is 26.3 Å². The quantitative estimate of drug-likeness (QED) is 0.641. The van der Waals surface area contributed by atoms with Crippen LogP contribution >= 0.6 is 0 Å². The van der Waals surface area contributed by atoms with Crippen molar-refractivity contribution in [1.82, 2.24) is 10.6 Å². The van der Waals surface area contributed by atoms with Gasteiger partial charge in [-0.1, -0.05) is 19.3 Å². The molecule has 1 aliphatic carbocycles. The highest BCUT2D eigenvalue weighted by molar-refractivity contribution is 5.78. The summed E-state index contributed by atoms with van der Waals surface area (Å²) in [4.78, 5) is 11.5. The van der Waals surface area contributed by atoms with E-state index in [1.54, 1.807) is 0 Å². The number of amides is 1. The number of hydrogen-bond acceptors (Lipinski definition) is 3. The summed E-state index contributed by atoms with van der Waals surface area (Å²) in [7, 11) is 0. The van der Waals surface area contributed by atoms with Gasteiger partial charge in [0.05, 0.1) is 13.2 Å². The molecule has 0 aliphatic heterocycles. The number of nitrogens with one attached hydrogen (secondary N) is 2. The van der Waals surface area contributed by atoms with Crippen molar-refractivity contribution in [3.8, 4) is 0 Å². The standard InChI is InChI=1S/C12H24N2O2/c1-2-16-9-8-13-10-12(15)14-11-6-4-3-5-7-11/h11,13H,2-10H2,1H3,(H,14,15). The normalized spacial score (nSPS) is 17.3. The molecule has 0 atom stereocenters. The summed E-state index contributed by atoms with van der Waals surface area (Å²) in [6.45, 7) is 4.52. The Morgan fingerprint density at radius 3 is 2.75 bits per heavy atom. The second kappa shape index (κ2) is 8.53. The van der Waals surface area contributed by atoms with Crippen LogP contribution in [0.15, 0.2) is 0 Å². The van der Waals surface area contributed by atoms with Gasteiger partial charge in [-0.3, -0.25) is 4.79 Å². The molecule has 0 aromatic rings. The molecular weight excluding hydrogens is 204 g/mol. The molecule has 0 spiro atoms. The van der Waals surface area contributed by atoms with Crippen molar-refractivity contribution in [1.29, 1.82) is 0 Å². The molecule has 2 N–H and O–H groups in total. The Morgan fingerprint density at radius 1 is 1.31 bits per heavy atom. The van der Waals surface area contributed by atoms with E-state index in [1.807, 2.05) is 6.92 Å². The van der Waals surface area contributed by atoms with Crippen LogP contribution in [0.5, 0.6) is 0 Å². The largest absolute Gasteiger partial charge is 0.380 e. The average molecular weight is 228 g/mol.